The highest BCUT2D eigenvalue weighted by Gasteiger charge is 2.55. The number of carbonyl (C=O) groups is 1. The van der Waals surface area contributed by atoms with Crippen molar-refractivity contribution in [1.82, 2.24) is 0 Å². The molecule has 0 aromatic carbocycles. The van der Waals surface area contributed by atoms with E-state index < -0.39 is 0 Å². The molecule has 1 N–H and O–H groups in total. The van der Waals surface area contributed by atoms with Crippen LogP contribution in [-0.4, -0.2) is 23.3 Å². The number of hydrogen-bond donors (Lipinski definition) is 1. The molecule has 2 aliphatic carbocycles. The van der Waals surface area contributed by atoms with Crippen molar-refractivity contribution in [2.45, 2.75) is 45.8 Å². The molecule has 3 heteroatoms. The number of aliphatic hydroxyl groups excluding tert-OH is 1. The summed E-state index contributed by atoms with van der Waals surface area (Å²) >= 11 is 0. The van der Waals surface area contributed by atoms with Gasteiger partial charge in [-0.3, -0.25) is 4.79 Å². The first-order chi connectivity index (χ1) is 7.00. The number of esters is 1. The number of ether oxygens (including phenoxy) is 1. The summed E-state index contributed by atoms with van der Waals surface area (Å²) in [7, 11) is 0. The van der Waals surface area contributed by atoms with Gasteiger partial charge < -0.3 is 9.84 Å². The average molecular weight is 212 g/mol. The van der Waals surface area contributed by atoms with Gasteiger partial charge in [0, 0.05) is 0 Å². The molecular formula is C12H20O3. The fraction of sp³-hybridized carbons (Fsp3) is 0.917. The molecule has 5 atom stereocenters. The zero-order valence-electron chi connectivity index (χ0n) is 9.64. The van der Waals surface area contributed by atoms with E-state index in [0.717, 1.165) is 6.42 Å². The molecule has 0 bridgehead atoms. The normalized spacial score (nSPS) is 43.7. The smallest absolute Gasteiger partial charge is 0.309 e. The Morgan fingerprint density at radius 2 is 2.07 bits per heavy atom. The Labute approximate surface area is 90.8 Å². The van der Waals surface area contributed by atoms with Crippen LogP contribution in [0.5, 0.6) is 0 Å². The van der Waals surface area contributed by atoms with Gasteiger partial charge in [0.1, 0.15) is 0 Å². The molecular weight excluding hydrogens is 192 g/mol. The number of rotatable bonds is 2. The average Bonchev–Trinajstić information content (AvgIpc) is 2.76. The summed E-state index contributed by atoms with van der Waals surface area (Å²) < 4.78 is 5.19. The number of hydrogen-bond acceptors (Lipinski definition) is 3. The molecule has 3 nitrogen and oxygen atoms in total. The Balaban J connectivity index is 1.92. The van der Waals surface area contributed by atoms with Crippen LogP contribution in [0, 0.1) is 23.7 Å². The molecule has 86 valence electrons. The number of carbonyl (C=O) groups excluding carboxylic acids is 1. The van der Waals surface area contributed by atoms with Crippen LogP contribution in [0.3, 0.4) is 0 Å². The lowest BCUT2D eigenvalue weighted by Crippen LogP contribution is -2.30. The third-order valence-electron chi connectivity index (χ3n) is 3.85. The number of fused-ring (bicyclic) bond motifs is 1. The molecule has 0 aromatic heterocycles. The highest BCUT2D eigenvalue weighted by Crippen LogP contribution is 2.56. The van der Waals surface area contributed by atoms with E-state index in [9.17, 15) is 9.90 Å². The van der Waals surface area contributed by atoms with Crippen LogP contribution in [0.2, 0.25) is 0 Å². The summed E-state index contributed by atoms with van der Waals surface area (Å²) in [6, 6.07) is 0. The van der Waals surface area contributed by atoms with Crippen molar-refractivity contribution in [3.8, 4) is 0 Å². The van der Waals surface area contributed by atoms with E-state index in [1.807, 2.05) is 13.8 Å². The zero-order chi connectivity index (χ0) is 11.2. The van der Waals surface area contributed by atoms with Crippen LogP contribution in [-0.2, 0) is 9.53 Å². The second-order valence-electron chi connectivity index (χ2n) is 5.32. The highest BCUT2D eigenvalue weighted by atomic mass is 16.5. The lowest BCUT2D eigenvalue weighted by Gasteiger charge is -2.24. The summed E-state index contributed by atoms with van der Waals surface area (Å²) in [5, 5.41) is 9.84. The van der Waals surface area contributed by atoms with Crippen LogP contribution in [0.4, 0.5) is 0 Å². The van der Waals surface area contributed by atoms with E-state index in [2.05, 4.69) is 6.92 Å². The molecule has 0 radical (unpaired) electrons. The van der Waals surface area contributed by atoms with Crippen molar-refractivity contribution in [1.29, 1.82) is 0 Å². The minimum absolute atomic E-state index is 0.0519. The van der Waals surface area contributed by atoms with Gasteiger partial charge in [-0.1, -0.05) is 6.92 Å². The van der Waals surface area contributed by atoms with E-state index in [4.69, 9.17) is 4.74 Å². The quantitative estimate of drug-likeness (QED) is 0.707. The summed E-state index contributed by atoms with van der Waals surface area (Å²) in [6.45, 7) is 5.88. The van der Waals surface area contributed by atoms with Crippen molar-refractivity contribution in [3.63, 3.8) is 0 Å². The zero-order valence-corrected chi connectivity index (χ0v) is 9.64. The monoisotopic (exact) mass is 212 g/mol. The van der Waals surface area contributed by atoms with Crippen LogP contribution < -0.4 is 0 Å². The molecule has 2 saturated carbocycles. The van der Waals surface area contributed by atoms with Crippen LogP contribution >= 0.6 is 0 Å². The Morgan fingerprint density at radius 1 is 1.40 bits per heavy atom. The third kappa shape index (κ3) is 2.03. The third-order valence-corrected chi connectivity index (χ3v) is 3.85. The van der Waals surface area contributed by atoms with Gasteiger partial charge in [-0.15, -0.1) is 0 Å². The Bertz CT molecular complexity index is 254. The predicted molar refractivity (Wildman–Crippen MR) is 56.1 cm³/mol. The lowest BCUT2D eigenvalue weighted by atomic mass is 9.87. The maximum Gasteiger partial charge on any atom is 0.309 e. The second kappa shape index (κ2) is 3.78. The summed E-state index contributed by atoms with van der Waals surface area (Å²) in [5.74, 6) is 1.40. The van der Waals surface area contributed by atoms with Gasteiger partial charge in [0.25, 0.3) is 0 Å². The molecule has 0 saturated heterocycles. The summed E-state index contributed by atoms with van der Waals surface area (Å²) in [4.78, 5) is 11.7. The van der Waals surface area contributed by atoms with Gasteiger partial charge in [0.15, 0.2) is 0 Å². The summed E-state index contributed by atoms with van der Waals surface area (Å²) in [6.07, 6.45) is 1.17. The van der Waals surface area contributed by atoms with Gasteiger partial charge in [0.05, 0.1) is 18.1 Å². The lowest BCUT2D eigenvalue weighted by molar-refractivity contribution is -0.155. The van der Waals surface area contributed by atoms with Crippen LogP contribution in [0.25, 0.3) is 0 Å². The molecule has 0 spiro atoms. The largest absolute Gasteiger partial charge is 0.463 e. The Morgan fingerprint density at radius 3 is 2.60 bits per heavy atom. The topological polar surface area (TPSA) is 46.5 Å². The second-order valence-corrected chi connectivity index (χ2v) is 5.32. The minimum atomic E-state index is -0.288. The first-order valence-corrected chi connectivity index (χ1v) is 5.89. The fourth-order valence-electron chi connectivity index (χ4n) is 2.98. The Kier molecular flexibility index (Phi) is 2.75. The van der Waals surface area contributed by atoms with Gasteiger partial charge in [0.2, 0.25) is 0 Å². The maximum absolute atomic E-state index is 11.7. The molecule has 2 fully saturated rings. The van der Waals surface area contributed by atoms with E-state index in [1.165, 1.54) is 0 Å². The van der Waals surface area contributed by atoms with Gasteiger partial charge >= 0.3 is 5.97 Å². The Hall–Kier alpha value is -0.570. The molecule has 2 rings (SSSR count). The first kappa shape index (κ1) is 10.9. The van der Waals surface area contributed by atoms with Gasteiger partial charge in [-0.05, 0) is 44.4 Å². The molecule has 5 unspecified atom stereocenters. The molecule has 0 heterocycles. The predicted octanol–water partition coefficient (Wildman–Crippen LogP) is 1.59. The molecule has 2 aliphatic rings. The number of aliphatic hydroxyl groups is 1. The summed E-state index contributed by atoms with van der Waals surface area (Å²) in [5.41, 5.74) is 0. The van der Waals surface area contributed by atoms with Crippen LogP contribution in [0.15, 0.2) is 0 Å². The fourth-order valence-corrected chi connectivity index (χ4v) is 2.98. The molecule has 15 heavy (non-hydrogen) atoms. The van der Waals surface area contributed by atoms with Crippen molar-refractivity contribution in [3.05, 3.63) is 0 Å². The van der Waals surface area contributed by atoms with Crippen molar-refractivity contribution in [2.24, 2.45) is 23.7 Å². The molecule has 0 aliphatic heterocycles. The van der Waals surface area contributed by atoms with Gasteiger partial charge in [-0.2, -0.15) is 0 Å². The van der Waals surface area contributed by atoms with Crippen molar-refractivity contribution in [2.75, 3.05) is 0 Å². The standard InChI is InChI=1S/C12H20O3/c1-6(2)15-12(14)8-4-9-7(3)11(9)10(13)5-8/h6-11,13H,4-5H2,1-3H3. The minimum Gasteiger partial charge on any atom is -0.463 e. The van der Waals surface area contributed by atoms with E-state index in [1.54, 1.807) is 0 Å². The molecule has 0 amide bonds. The highest BCUT2D eigenvalue weighted by molar-refractivity contribution is 5.73. The van der Waals surface area contributed by atoms with E-state index >= 15 is 0 Å². The van der Waals surface area contributed by atoms with Crippen LogP contribution in [0.1, 0.15) is 33.6 Å². The van der Waals surface area contributed by atoms with E-state index in [-0.39, 0.29) is 24.1 Å². The van der Waals surface area contributed by atoms with Crippen molar-refractivity contribution >= 4 is 5.97 Å². The van der Waals surface area contributed by atoms with Crippen molar-refractivity contribution < 1.29 is 14.6 Å². The van der Waals surface area contributed by atoms with E-state index in [0.29, 0.717) is 24.2 Å². The maximum atomic E-state index is 11.7. The first-order valence-electron chi connectivity index (χ1n) is 5.89. The SMILES string of the molecule is CC(C)OC(=O)C1CC(O)C2C(C)C2C1. The van der Waals surface area contributed by atoms with Gasteiger partial charge in [-0.25, -0.2) is 0 Å². The molecule has 0 aromatic rings.